The molecule has 2 rings (SSSR count). The zero-order chi connectivity index (χ0) is 18.6. The summed E-state index contributed by atoms with van der Waals surface area (Å²) >= 11 is 1.39. The van der Waals surface area contributed by atoms with Crippen molar-refractivity contribution in [2.24, 2.45) is 0 Å². The molecule has 2 atom stereocenters. The van der Waals surface area contributed by atoms with Crippen molar-refractivity contribution < 1.29 is 4.79 Å². The fourth-order valence-corrected chi connectivity index (χ4v) is 3.36. The van der Waals surface area contributed by atoms with E-state index in [0.717, 1.165) is 29.1 Å². The van der Waals surface area contributed by atoms with Crippen molar-refractivity contribution in [1.29, 1.82) is 0 Å². The third kappa shape index (κ3) is 4.82. The summed E-state index contributed by atoms with van der Waals surface area (Å²) in [5.41, 5.74) is 5.10. The molecule has 5 heteroatoms. The smallest absolute Gasteiger partial charge is 0.237 e. The fourth-order valence-electron chi connectivity index (χ4n) is 2.50. The van der Waals surface area contributed by atoms with Crippen molar-refractivity contribution >= 4 is 23.4 Å². The van der Waals surface area contributed by atoms with E-state index < -0.39 is 0 Å². The Hall–Kier alpha value is -1.88. The van der Waals surface area contributed by atoms with Gasteiger partial charge in [-0.05, 0) is 57.2 Å². The second-order valence-electron chi connectivity index (χ2n) is 6.45. The fraction of sp³-hybridized carbons (Fsp3) is 0.450. The largest absolute Gasteiger partial charge is 0.325 e. The lowest BCUT2D eigenvalue weighted by atomic mass is 9.97. The highest BCUT2D eigenvalue weighted by molar-refractivity contribution is 8.00. The second-order valence-corrected chi connectivity index (χ2v) is 7.76. The molecule has 0 radical (unpaired) electrons. The normalized spacial score (nSPS) is 13.4. The van der Waals surface area contributed by atoms with Gasteiger partial charge in [0, 0.05) is 17.1 Å². The van der Waals surface area contributed by atoms with Gasteiger partial charge < -0.3 is 5.32 Å². The van der Waals surface area contributed by atoms with Gasteiger partial charge >= 0.3 is 0 Å². The zero-order valence-corrected chi connectivity index (χ0v) is 16.7. The highest BCUT2D eigenvalue weighted by Crippen LogP contribution is 2.28. The molecule has 0 aliphatic heterocycles. The second kappa shape index (κ2) is 8.48. The maximum absolute atomic E-state index is 12.6. The summed E-state index contributed by atoms with van der Waals surface area (Å²) in [5.74, 6) is 0.380. The lowest BCUT2D eigenvalue weighted by molar-refractivity contribution is -0.115. The SMILES string of the molecule is CCC(C)c1ccccc1NC(=O)C(C)Sc1nc(C)c(C)c(C)n1. The number of benzene rings is 1. The number of thioether (sulfide) groups is 1. The van der Waals surface area contributed by atoms with Crippen LogP contribution in [0, 0.1) is 20.8 Å². The summed E-state index contributed by atoms with van der Waals surface area (Å²) in [7, 11) is 0. The van der Waals surface area contributed by atoms with Crippen LogP contribution in [-0.2, 0) is 4.79 Å². The third-order valence-electron chi connectivity index (χ3n) is 4.63. The molecule has 4 nitrogen and oxygen atoms in total. The van der Waals surface area contributed by atoms with Gasteiger partial charge in [0.2, 0.25) is 5.91 Å². The standard InChI is InChI=1S/C20H27N3OS/c1-7-12(2)17-10-8-9-11-18(17)23-19(24)16(6)25-20-21-14(4)13(3)15(5)22-20/h8-12,16H,7H2,1-6H3,(H,23,24). The Morgan fingerprint density at radius 3 is 2.32 bits per heavy atom. The highest BCUT2D eigenvalue weighted by atomic mass is 32.2. The van der Waals surface area contributed by atoms with Gasteiger partial charge in [-0.3, -0.25) is 4.79 Å². The molecule has 134 valence electrons. The van der Waals surface area contributed by atoms with E-state index in [0.29, 0.717) is 11.1 Å². The summed E-state index contributed by atoms with van der Waals surface area (Å²) in [5, 5.41) is 3.45. The van der Waals surface area contributed by atoms with Crippen LogP contribution in [0.15, 0.2) is 29.4 Å². The Bertz CT molecular complexity index is 737. The van der Waals surface area contributed by atoms with E-state index in [1.54, 1.807) is 0 Å². The molecule has 2 unspecified atom stereocenters. The Morgan fingerprint density at radius 2 is 1.72 bits per heavy atom. The predicted octanol–water partition coefficient (Wildman–Crippen LogP) is 5.03. The van der Waals surface area contributed by atoms with Crippen molar-refractivity contribution in [2.45, 2.75) is 64.3 Å². The van der Waals surface area contributed by atoms with Crippen molar-refractivity contribution in [1.82, 2.24) is 9.97 Å². The van der Waals surface area contributed by atoms with Crippen LogP contribution in [0.4, 0.5) is 5.69 Å². The number of aryl methyl sites for hydroxylation is 2. The molecule has 0 saturated carbocycles. The first-order chi connectivity index (χ1) is 11.8. The summed E-state index contributed by atoms with van der Waals surface area (Å²) in [6, 6.07) is 8.01. The van der Waals surface area contributed by atoms with Gasteiger partial charge in [-0.1, -0.05) is 43.8 Å². The first-order valence-corrected chi connectivity index (χ1v) is 9.59. The molecule has 25 heavy (non-hydrogen) atoms. The number of nitrogens with zero attached hydrogens (tertiary/aromatic N) is 2. The summed E-state index contributed by atoms with van der Waals surface area (Å²) in [6.45, 7) is 12.2. The number of hydrogen-bond donors (Lipinski definition) is 1. The van der Waals surface area contributed by atoms with E-state index in [1.165, 1.54) is 17.3 Å². The van der Waals surface area contributed by atoms with Gasteiger partial charge in [0.15, 0.2) is 5.16 Å². The molecule has 0 saturated heterocycles. The molecule has 1 aromatic carbocycles. The van der Waals surface area contributed by atoms with Gasteiger partial charge in [0.25, 0.3) is 0 Å². The van der Waals surface area contributed by atoms with Crippen LogP contribution >= 0.6 is 11.8 Å². The van der Waals surface area contributed by atoms with Crippen LogP contribution < -0.4 is 5.32 Å². The maximum atomic E-state index is 12.6. The van der Waals surface area contributed by atoms with Crippen LogP contribution in [0.1, 0.15) is 55.6 Å². The predicted molar refractivity (Wildman–Crippen MR) is 105 cm³/mol. The number of para-hydroxylation sites is 1. The zero-order valence-electron chi connectivity index (χ0n) is 15.9. The Balaban J connectivity index is 2.11. The van der Waals surface area contributed by atoms with Crippen LogP contribution in [0.5, 0.6) is 0 Å². The molecular formula is C20H27N3OS. The average molecular weight is 358 g/mol. The molecule has 0 aliphatic carbocycles. The molecule has 0 aliphatic rings. The molecule has 1 amide bonds. The molecule has 0 bridgehead atoms. The van der Waals surface area contributed by atoms with Crippen LogP contribution in [0.3, 0.4) is 0 Å². The number of rotatable bonds is 6. The molecule has 1 N–H and O–H groups in total. The molecule has 0 spiro atoms. The van der Waals surface area contributed by atoms with Gasteiger partial charge in [-0.2, -0.15) is 0 Å². The summed E-state index contributed by atoms with van der Waals surface area (Å²) in [6.07, 6.45) is 1.03. The van der Waals surface area contributed by atoms with Gasteiger partial charge in [0.1, 0.15) is 0 Å². The van der Waals surface area contributed by atoms with Crippen molar-refractivity contribution in [2.75, 3.05) is 5.32 Å². The lowest BCUT2D eigenvalue weighted by Gasteiger charge is -2.17. The van der Waals surface area contributed by atoms with Crippen LogP contribution in [0.2, 0.25) is 0 Å². The first kappa shape index (κ1) is 19.4. The lowest BCUT2D eigenvalue weighted by Crippen LogP contribution is -2.23. The van der Waals surface area contributed by atoms with Crippen molar-refractivity contribution in [3.05, 3.63) is 46.8 Å². The minimum Gasteiger partial charge on any atom is -0.325 e. The number of amides is 1. The molecule has 2 aromatic rings. The minimum atomic E-state index is -0.272. The van der Waals surface area contributed by atoms with Gasteiger partial charge in [-0.15, -0.1) is 0 Å². The maximum Gasteiger partial charge on any atom is 0.237 e. The molecular weight excluding hydrogens is 330 g/mol. The number of aromatic nitrogens is 2. The number of anilines is 1. The first-order valence-electron chi connectivity index (χ1n) is 8.71. The monoisotopic (exact) mass is 357 g/mol. The van der Waals surface area contributed by atoms with Gasteiger partial charge in [-0.25, -0.2) is 9.97 Å². The molecule has 1 heterocycles. The van der Waals surface area contributed by atoms with E-state index in [-0.39, 0.29) is 11.2 Å². The average Bonchev–Trinajstić information content (AvgIpc) is 2.59. The van der Waals surface area contributed by atoms with Crippen LogP contribution in [0.25, 0.3) is 0 Å². The number of nitrogens with one attached hydrogen (secondary N) is 1. The summed E-state index contributed by atoms with van der Waals surface area (Å²) in [4.78, 5) is 21.6. The van der Waals surface area contributed by atoms with Crippen molar-refractivity contribution in [3.63, 3.8) is 0 Å². The van der Waals surface area contributed by atoms with E-state index >= 15 is 0 Å². The van der Waals surface area contributed by atoms with Crippen molar-refractivity contribution in [3.8, 4) is 0 Å². The quantitative estimate of drug-likeness (QED) is 0.581. The third-order valence-corrected chi connectivity index (χ3v) is 5.59. The van der Waals surface area contributed by atoms with E-state index in [2.05, 4.69) is 35.2 Å². The van der Waals surface area contributed by atoms with E-state index in [9.17, 15) is 4.79 Å². The van der Waals surface area contributed by atoms with Crippen LogP contribution in [-0.4, -0.2) is 21.1 Å². The highest BCUT2D eigenvalue weighted by Gasteiger charge is 2.19. The van der Waals surface area contributed by atoms with E-state index in [1.807, 2.05) is 45.9 Å². The number of carbonyl (C=O) groups excluding carboxylic acids is 1. The topological polar surface area (TPSA) is 54.9 Å². The molecule has 0 fully saturated rings. The molecule has 1 aromatic heterocycles. The van der Waals surface area contributed by atoms with E-state index in [4.69, 9.17) is 0 Å². The Labute approximate surface area is 154 Å². The minimum absolute atomic E-state index is 0.0276. The Kier molecular flexibility index (Phi) is 6.59. The Morgan fingerprint density at radius 1 is 1.12 bits per heavy atom. The summed E-state index contributed by atoms with van der Waals surface area (Å²) < 4.78 is 0. The van der Waals surface area contributed by atoms with Gasteiger partial charge in [0.05, 0.1) is 5.25 Å². The number of carbonyl (C=O) groups is 1. The number of hydrogen-bond acceptors (Lipinski definition) is 4.